The first-order valence-corrected chi connectivity index (χ1v) is 9.91. The number of nitrogens with zero attached hydrogens (tertiary/aromatic N) is 1. The lowest BCUT2D eigenvalue weighted by molar-refractivity contribution is -0.150. The second kappa shape index (κ2) is 9.02. The maximum atomic E-state index is 12.6. The van der Waals surface area contributed by atoms with E-state index in [-0.39, 0.29) is 18.4 Å². The molecule has 1 aromatic carbocycles. The molecule has 1 atom stereocenters. The Hall–Kier alpha value is -2.37. The van der Waals surface area contributed by atoms with Crippen molar-refractivity contribution in [3.8, 4) is 0 Å². The van der Waals surface area contributed by atoms with Crippen LogP contribution in [-0.4, -0.2) is 34.3 Å². The first-order chi connectivity index (χ1) is 13.1. The van der Waals surface area contributed by atoms with Crippen LogP contribution in [0.5, 0.6) is 0 Å². The fourth-order valence-corrected chi connectivity index (χ4v) is 4.25. The van der Waals surface area contributed by atoms with Gasteiger partial charge in [-0.3, -0.25) is 14.4 Å². The van der Waals surface area contributed by atoms with Crippen molar-refractivity contribution in [2.45, 2.75) is 58.0 Å². The van der Waals surface area contributed by atoms with Crippen molar-refractivity contribution in [1.29, 1.82) is 0 Å². The minimum absolute atomic E-state index is 0.0753. The maximum Gasteiger partial charge on any atom is 0.316 e. The number of carbonyl (C=O) groups excluding carboxylic acids is 2. The summed E-state index contributed by atoms with van der Waals surface area (Å²) in [5.74, 6) is -2.32. The molecule has 1 saturated heterocycles. The van der Waals surface area contributed by atoms with Crippen LogP contribution >= 0.6 is 0 Å². The molecule has 2 N–H and O–H groups in total. The number of carboxylic acids is 1. The molecule has 1 aliphatic carbocycles. The minimum atomic E-state index is -1.03. The van der Waals surface area contributed by atoms with E-state index in [1.54, 1.807) is 0 Å². The van der Waals surface area contributed by atoms with Crippen molar-refractivity contribution in [1.82, 2.24) is 10.2 Å². The molecule has 1 saturated carbocycles. The van der Waals surface area contributed by atoms with Crippen LogP contribution in [0.1, 0.15) is 56.1 Å². The molecule has 2 fully saturated rings. The number of hydrogen-bond acceptors (Lipinski definition) is 3. The van der Waals surface area contributed by atoms with Gasteiger partial charge in [0, 0.05) is 26.1 Å². The fraction of sp³-hybridized carbons (Fsp3) is 0.571. The molecule has 1 aliphatic heterocycles. The number of nitrogens with one attached hydrogen (secondary N) is 1. The van der Waals surface area contributed by atoms with Gasteiger partial charge in [0.05, 0.1) is 0 Å². The minimum Gasteiger partial charge on any atom is -0.481 e. The predicted octanol–water partition coefficient (Wildman–Crippen LogP) is 2.71. The Morgan fingerprint density at radius 3 is 2.44 bits per heavy atom. The van der Waals surface area contributed by atoms with Crippen molar-refractivity contribution in [2.24, 2.45) is 11.8 Å². The van der Waals surface area contributed by atoms with E-state index in [0.29, 0.717) is 13.0 Å². The Labute approximate surface area is 159 Å². The number of likely N-dealkylation sites (tertiary alicyclic amines) is 1. The van der Waals surface area contributed by atoms with Crippen molar-refractivity contribution in [3.63, 3.8) is 0 Å². The van der Waals surface area contributed by atoms with Crippen LogP contribution in [-0.2, 0) is 27.5 Å². The summed E-state index contributed by atoms with van der Waals surface area (Å²) in [5, 5.41) is 12.4. The lowest BCUT2D eigenvalue weighted by Crippen LogP contribution is -2.40. The Kier molecular flexibility index (Phi) is 6.48. The van der Waals surface area contributed by atoms with Crippen molar-refractivity contribution < 1.29 is 19.5 Å². The largest absolute Gasteiger partial charge is 0.481 e. The normalized spacial score (nSPS) is 19.1. The summed E-state index contributed by atoms with van der Waals surface area (Å²) in [6, 6.07) is 7.70. The van der Waals surface area contributed by atoms with Crippen molar-refractivity contribution >= 4 is 17.8 Å². The average Bonchev–Trinajstić information content (AvgIpc) is 3.06. The molecule has 0 bridgehead atoms. The molecule has 6 nitrogen and oxygen atoms in total. The van der Waals surface area contributed by atoms with Gasteiger partial charge in [-0.25, -0.2) is 0 Å². The molecule has 1 aromatic rings. The van der Waals surface area contributed by atoms with Crippen LogP contribution in [0, 0.1) is 11.8 Å². The highest BCUT2D eigenvalue weighted by Crippen LogP contribution is 2.30. The lowest BCUT2D eigenvalue weighted by atomic mass is 9.79. The first-order valence-electron chi connectivity index (χ1n) is 9.91. The third-order valence-corrected chi connectivity index (χ3v) is 5.77. The van der Waals surface area contributed by atoms with Gasteiger partial charge in [-0.15, -0.1) is 0 Å². The van der Waals surface area contributed by atoms with Gasteiger partial charge in [0.1, 0.15) is 5.92 Å². The van der Waals surface area contributed by atoms with E-state index in [1.807, 2.05) is 29.2 Å². The van der Waals surface area contributed by atoms with E-state index in [1.165, 1.54) is 0 Å². The quantitative estimate of drug-likeness (QED) is 0.721. The first kappa shape index (κ1) is 19.4. The summed E-state index contributed by atoms with van der Waals surface area (Å²) in [6.07, 6.45) is 6.20. The van der Waals surface area contributed by atoms with Gasteiger partial charge in [0.25, 0.3) is 0 Å². The molecule has 2 aliphatic rings. The molecule has 0 aromatic heterocycles. The van der Waals surface area contributed by atoms with Gasteiger partial charge in [0.15, 0.2) is 0 Å². The van der Waals surface area contributed by atoms with Gasteiger partial charge in [0.2, 0.25) is 11.8 Å². The summed E-state index contributed by atoms with van der Waals surface area (Å²) >= 11 is 0. The van der Waals surface area contributed by atoms with E-state index in [9.17, 15) is 19.5 Å². The highest BCUT2D eigenvalue weighted by atomic mass is 16.4. The number of carbonyl (C=O) groups is 3. The summed E-state index contributed by atoms with van der Waals surface area (Å²) in [5.41, 5.74) is 1.93. The Balaban J connectivity index is 1.63. The highest BCUT2D eigenvalue weighted by Gasteiger charge is 2.35. The van der Waals surface area contributed by atoms with Gasteiger partial charge in [-0.2, -0.15) is 0 Å². The third kappa shape index (κ3) is 4.87. The van der Waals surface area contributed by atoms with Crippen LogP contribution < -0.4 is 5.32 Å². The van der Waals surface area contributed by atoms with E-state index >= 15 is 0 Å². The fourth-order valence-electron chi connectivity index (χ4n) is 4.25. The van der Waals surface area contributed by atoms with Crippen LogP contribution in [0.4, 0.5) is 0 Å². The van der Waals surface area contributed by atoms with Crippen molar-refractivity contribution in [3.05, 3.63) is 35.4 Å². The molecular weight excluding hydrogens is 344 g/mol. The second-order valence-corrected chi connectivity index (χ2v) is 7.62. The third-order valence-electron chi connectivity index (χ3n) is 5.77. The van der Waals surface area contributed by atoms with Crippen LogP contribution in [0.3, 0.4) is 0 Å². The second-order valence-electron chi connectivity index (χ2n) is 7.62. The highest BCUT2D eigenvalue weighted by molar-refractivity contribution is 5.97. The molecule has 2 amide bonds. The molecule has 3 rings (SSSR count). The number of rotatable bonds is 7. The predicted molar refractivity (Wildman–Crippen MR) is 101 cm³/mol. The Morgan fingerprint density at radius 2 is 1.81 bits per heavy atom. The smallest absolute Gasteiger partial charge is 0.316 e. The molecule has 1 unspecified atom stereocenters. The molecular formula is C21H28N2O4. The van der Waals surface area contributed by atoms with E-state index in [4.69, 9.17) is 0 Å². The van der Waals surface area contributed by atoms with Gasteiger partial charge in [-0.05, 0) is 36.3 Å². The van der Waals surface area contributed by atoms with Crippen LogP contribution in [0.15, 0.2) is 24.3 Å². The molecule has 146 valence electrons. The van der Waals surface area contributed by atoms with Crippen molar-refractivity contribution in [2.75, 3.05) is 6.54 Å². The van der Waals surface area contributed by atoms with Gasteiger partial charge < -0.3 is 15.3 Å². The maximum absolute atomic E-state index is 12.6. The summed E-state index contributed by atoms with van der Waals surface area (Å²) < 4.78 is 0. The zero-order chi connectivity index (χ0) is 19.2. The number of amides is 2. The van der Waals surface area contributed by atoms with Gasteiger partial charge in [-0.1, -0.05) is 43.5 Å². The Morgan fingerprint density at radius 1 is 1.11 bits per heavy atom. The van der Waals surface area contributed by atoms with E-state index < -0.39 is 17.8 Å². The van der Waals surface area contributed by atoms with Gasteiger partial charge >= 0.3 is 5.97 Å². The molecule has 27 heavy (non-hydrogen) atoms. The summed E-state index contributed by atoms with van der Waals surface area (Å²) in [4.78, 5) is 38.0. The number of benzene rings is 1. The standard InChI is InChI=1S/C21H28N2O4/c24-18-11-6-12-23(18)14-17-10-5-4-9-16(17)13-22-20(25)19(21(26)27)15-7-2-1-3-8-15/h4-5,9-10,15,19H,1-3,6-8,11-14H2,(H,22,25)(H,26,27). The zero-order valence-electron chi connectivity index (χ0n) is 15.7. The van der Waals surface area contributed by atoms with E-state index in [0.717, 1.165) is 56.2 Å². The number of carboxylic acid groups (broad SMARTS) is 1. The molecule has 0 spiro atoms. The average molecular weight is 372 g/mol. The van der Waals surface area contributed by atoms with Crippen LogP contribution in [0.25, 0.3) is 0 Å². The topological polar surface area (TPSA) is 86.7 Å². The van der Waals surface area contributed by atoms with Crippen LogP contribution in [0.2, 0.25) is 0 Å². The zero-order valence-corrected chi connectivity index (χ0v) is 15.7. The Bertz CT molecular complexity index is 697. The monoisotopic (exact) mass is 372 g/mol. The number of hydrogen-bond donors (Lipinski definition) is 2. The molecule has 1 heterocycles. The van der Waals surface area contributed by atoms with E-state index in [2.05, 4.69) is 5.32 Å². The SMILES string of the molecule is O=C(O)C(C(=O)NCc1ccccc1CN1CCCC1=O)C1CCCCC1. The lowest BCUT2D eigenvalue weighted by Gasteiger charge is -2.26. The number of aliphatic carboxylic acids is 1. The molecule has 0 radical (unpaired) electrons. The summed E-state index contributed by atoms with van der Waals surface area (Å²) in [6.45, 7) is 1.59. The summed E-state index contributed by atoms with van der Waals surface area (Å²) in [7, 11) is 0. The molecule has 6 heteroatoms.